The fourth-order valence-corrected chi connectivity index (χ4v) is 10.4. The number of hydrogen-bond donors (Lipinski definition) is 0. The number of nitrogens with zero attached hydrogens (tertiary/aromatic N) is 1. The lowest BCUT2D eigenvalue weighted by Gasteiger charge is -2.32. The quantitative estimate of drug-likeness (QED) is 0.140. The van der Waals surface area contributed by atoms with Gasteiger partial charge in [0.2, 0.25) is 0 Å². The molecule has 0 radical (unpaired) electrons. The molecule has 11 rings (SSSR count). The van der Waals surface area contributed by atoms with Gasteiger partial charge < -0.3 is 4.90 Å². The third kappa shape index (κ3) is 7.70. The Morgan fingerprint density at radius 1 is 0.206 bits per heavy atom. The van der Waals surface area contributed by atoms with Crippen molar-refractivity contribution in [1.29, 1.82) is 0 Å². The average molecular weight is 810 g/mol. The van der Waals surface area contributed by atoms with Crippen LogP contribution in [0.3, 0.4) is 0 Å². The first-order chi connectivity index (χ1) is 31.2. The first-order valence-corrected chi connectivity index (χ1v) is 22.9. The Balaban J connectivity index is 0.917. The summed E-state index contributed by atoms with van der Waals surface area (Å²) in [6, 6.07) is 78.0. The molecule has 9 aromatic carbocycles. The second-order valence-electron chi connectivity index (χ2n) is 17.3. The molecule has 0 atom stereocenters. The summed E-state index contributed by atoms with van der Waals surface area (Å²) in [4.78, 5) is 2.37. The van der Waals surface area contributed by atoms with Crippen molar-refractivity contribution in [2.45, 2.75) is 51.4 Å². The van der Waals surface area contributed by atoms with Gasteiger partial charge in [0, 0.05) is 17.1 Å². The SMILES string of the molecule is c1ccc(-c2ccc(-c3c4c(c(-c5ccc(-c6ccc(N(c7ccc(-c8ccccc8)cc7)c7ccc(-c8ccccc8)cc7)cc6)cc5)c5c3CCCC5)CCCC4)cc2)cc1. The van der Waals surface area contributed by atoms with Gasteiger partial charge in [-0.3, -0.25) is 0 Å². The molecule has 0 heterocycles. The number of rotatable bonds is 9. The molecule has 2 aliphatic rings. The molecule has 0 N–H and O–H groups in total. The summed E-state index contributed by atoms with van der Waals surface area (Å²) in [6.45, 7) is 0. The number of fused-ring (bicyclic) bond motifs is 2. The van der Waals surface area contributed by atoms with Crippen LogP contribution in [0.4, 0.5) is 17.1 Å². The zero-order chi connectivity index (χ0) is 42.0. The maximum absolute atomic E-state index is 2.41. The van der Waals surface area contributed by atoms with E-state index in [1.807, 2.05) is 0 Å². The van der Waals surface area contributed by atoms with Crippen molar-refractivity contribution < 1.29 is 0 Å². The van der Waals surface area contributed by atoms with Crippen LogP contribution in [0, 0.1) is 0 Å². The standard InChI is InChI=1S/C62H51N/c1-4-14-44(15-5-1)47-24-28-52(29-25-47)61-57-20-10-12-22-59(57)62(60-23-13-11-21-58(60)61)53-30-26-48(27-31-53)51-36-42-56(43-37-51)63(54-38-32-49(33-39-54)45-16-6-2-7-17-45)55-40-34-50(35-41-55)46-18-8-3-9-19-46/h1-9,14-19,24-43H,10-13,20-23H2. The van der Waals surface area contributed by atoms with Crippen molar-refractivity contribution >= 4 is 17.1 Å². The molecule has 0 spiro atoms. The summed E-state index contributed by atoms with van der Waals surface area (Å²) < 4.78 is 0. The van der Waals surface area contributed by atoms with E-state index < -0.39 is 0 Å². The second kappa shape index (κ2) is 17.3. The number of hydrogen-bond acceptors (Lipinski definition) is 1. The summed E-state index contributed by atoms with van der Waals surface area (Å²) in [6.07, 6.45) is 9.73. The van der Waals surface area contributed by atoms with Gasteiger partial charge in [0.1, 0.15) is 0 Å². The van der Waals surface area contributed by atoms with Gasteiger partial charge in [-0.2, -0.15) is 0 Å². The van der Waals surface area contributed by atoms with Gasteiger partial charge in [-0.1, -0.05) is 176 Å². The van der Waals surface area contributed by atoms with Crippen LogP contribution in [0.2, 0.25) is 0 Å². The molecule has 0 fully saturated rings. The first kappa shape index (κ1) is 38.7. The molecule has 0 amide bonds. The van der Waals surface area contributed by atoms with Crippen LogP contribution in [0.5, 0.6) is 0 Å². The van der Waals surface area contributed by atoms with E-state index in [0.29, 0.717) is 0 Å². The van der Waals surface area contributed by atoms with Crippen molar-refractivity contribution in [2.24, 2.45) is 0 Å². The van der Waals surface area contributed by atoms with Gasteiger partial charge in [-0.05, 0) is 177 Å². The Bertz CT molecular complexity index is 2850. The Labute approximate surface area is 373 Å². The predicted molar refractivity (Wildman–Crippen MR) is 267 cm³/mol. The van der Waals surface area contributed by atoms with Gasteiger partial charge in [-0.25, -0.2) is 0 Å². The molecule has 1 nitrogen and oxygen atoms in total. The third-order valence-corrected chi connectivity index (χ3v) is 13.5. The molecule has 0 unspecified atom stereocenters. The van der Waals surface area contributed by atoms with Gasteiger partial charge in [0.05, 0.1) is 0 Å². The van der Waals surface area contributed by atoms with Crippen LogP contribution < -0.4 is 4.90 Å². The molecule has 1 heteroatoms. The van der Waals surface area contributed by atoms with E-state index in [0.717, 1.165) is 29.9 Å². The van der Waals surface area contributed by atoms with E-state index in [1.54, 1.807) is 27.8 Å². The first-order valence-electron chi connectivity index (χ1n) is 22.9. The highest BCUT2D eigenvalue weighted by Gasteiger charge is 2.28. The molecular formula is C62H51N. The van der Waals surface area contributed by atoms with E-state index >= 15 is 0 Å². The van der Waals surface area contributed by atoms with Crippen LogP contribution in [0.1, 0.15) is 47.9 Å². The molecule has 0 bridgehead atoms. The molecule has 9 aromatic rings. The zero-order valence-corrected chi connectivity index (χ0v) is 35.8. The minimum atomic E-state index is 1.13. The van der Waals surface area contributed by atoms with E-state index in [4.69, 9.17) is 0 Å². The van der Waals surface area contributed by atoms with Crippen molar-refractivity contribution in [3.63, 3.8) is 0 Å². The van der Waals surface area contributed by atoms with Crippen LogP contribution >= 0.6 is 0 Å². The molecule has 0 saturated heterocycles. The molecule has 0 saturated carbocycles. The maximum atomic E-state index is 2.41. The highest BCUT2D eigenvalue weighted by atomic mass is 15.1. The minimum Gasteiger partial charge on any atom is -0.311 e. The lowest BCUT2D eigenvalue weighted by Crippen LogP contribution is -2.15. The monoisotopic (exact) mass is 809 g/mol. The molecular weight excluding hydrogens is 759 g/mol. The van der Waals surface area contributed by atoms with Crippen molar-refractivity contribution in [3.8, 4) is 66.8 Å². The summed E-state index contributed by atoms with van der Waals surface area (Å²) >= 11 is 0. The summed E-state index contributed by atoms with van der Waals surface area (Å²) in [5.41, 5.74) is 25.6. The van der Waals surface area contributed by atoms with Crippen LogP contribution in [0.25, 0.3) is 66.8 Å². The lowest BCUT2D eigenvalue weighted by molar-refractivity contribution is 0.662. The van der Waals surface area contributed by atoms with Gasteiger partial charge in [-0.15, -0.1) is 0 Å². The van der Waals surface area contributed by atoms with Crippen LogP contribution in [-0.2, 0) is 25.7 Å². The van der Waals surface area contributed by atoms with Crippen LogP contribution in [-0.4, -0.2) is 0 Å². The maximum Gasteiger partial charge on any atom is 0.0462 e. The van der Waals surface area contributed by atoms with E-state index in [1.165, 1.54) is 99.7 Å². The van der Waals surface area contributed by atoms with Gasteiger partial charge in [0.25, 0.3) is 0 Å². The Morgan fingerprint density at radius 3 is 0.667 bits per heavy atom. The Hall–Kier alpha value is -7.22. The molecule has 63 heavy (non-hydrogen) atoms. The third-order valence-electron chi connectivity index (χ3n) is 13.5. The van der Waals surface area contributed by atoms with Crippen molar-refractivity contribution in [3.05, 3.63) is 235 Å². The summed E-state index contributed by atoms with van der Waals surface area (Å²) in [5.74, 6) is 0. The van der Waals surface area contributed by atoms with E-state index in [2.05, 4.69) is 217 Å². The Morgan fingerprint density at radius 2 is 0.413 bits per heavy atom. The van der Waals surface area contributed by atoms with Gasteiger partial charge in [0.15, 0.2) is 0 Å². The van der Waals surface area contributed by atoms with Crippen LogP contribution in [0.15, 0.2) is 212 Å². The Kier molecular flexibility index (Phi) is 10.6. The van der Waals surface area contributed by atoms with Gasteiger partial charge >= 0.3 is 0 Å². The lowest BCUT2D eigenvalue weighted by atomic mass is 9.72. The highest BCUT2D eigenvalue weighted by molar-refractivity contribution is 5.86. The smallest absolute Gasteiger partial charge is 0.0462 e. The molecule has 0 aliphatic heterocycles. The fourth-order valence-electron chi connectivity index (χ4n) is 10.4. The summed E-state index contributed by atoms with van der Waals surface area (Å²) in [5, 5.41) is 0. The number of anilines is 3. The topological polar surface area (TPSA) is 3.24 Å². The normalized spacial score (nSPS) is 13.2. The summed E-state index contributed by atoms with van der Waals surface area (Å²) in [7, 11) is 0. The zero-order valence-electron chi connectivity index (χ0n) is 35.8. The number of benzene rings is 9. The van der Waals surface area contributed by atoms with E-state index in [-0.39, 0.29) is 0 Å². The van der Waals surface area contributed by atoms with Crippen molar-refractivity contribution in [1.82, 2.24) is 0 Å². The minimum absolute atomic E-state index is 1.13. The largest absolute Gasteiger partial charge is 0.311 e. The fraction of sp³-hybridized carbons (Fsp3) is 0.129. The van der Waals surface area contributed by atoms with E-state index in [9.17, 15) is 0 Å². The highest BCUT2D eigenvalue weighted by Crippen LogP contribution is 2.47. The molecule has 0 aromatic heterocycles. The molecule has 2 aliphatic carbocycles. The van der Waals surface area contributed by atoms with Crippen molar-refractivity contribution in [2.75, 3.05) is 4.90 Å². The average Bonchev–Trinajstić information content (AvgIpc) is 3.37. The second-order valence-corrected chi connectivity index (χ2v) is 17.3. The predicted octanol–water partition coefficient (Wildman–Crippen LogP) is 16.9. The molecule has 304 valence electrons.